The van der Waals surface area contributed by atoms with Gasteiger partial charge in [-0.25, -0.2) is 0 Å². The molecule has 0 saturated carbocycles. The number of aliphatic hydroxyl groups is 1. The molecule has 0 bridgehead atoms. The highest BCUT2D eigenvalue weighted by atomic mass is 16.3. The summed E-state index contributed by atoms with van der Waals surface area (Å²) in [5.41, 5.74) is 5.57. The Morgan fingerprint density at radius 3 is 2.28 bits per heavy atom. The summed E-state index contributed by atoms with van der Waals surface area (Å²) >= 11 is 0. The molecule has 1 saturated heterocycles. The molecule has 2 nitrogen and oxygen atoms in total. The van der Waals surface area contributed by atoms with Crippen molar-refractivity contribution in [2.24, 2.45) is 5.41 Å². The van der Waals surface area contributed by atoms with Crippen molar-refractivity contribution in [1.29, 1.82) is 0 Å². The summed E-state index contributed by atoms with van der Waals surface area (Å²) in [7, 11) is 2.15. The quantitative estimate of drug-likeness (QED) is 0.887. The molecule has 0 spiro atoms. The maximum absolute atomic E-state index is 9.81. The van der Waals surface area contributed by atoms with E-state index >= 15 is 0 Å². The van der Waals surface area contributed by atoms with Crippen LogP contribution < -0.4 is 0 Å². The van der Waals surface area contributed by atoms with Gasteiger partial charge in [0.25, 0.3) is 0 Å². The fraction of sp³-hybridized carbons (Fsp3) is 0.625. The van der Waals surface area contributed by atoms with E-state index in [9.17, 15) is 5.11 Å². The van der Waals surface area contributed by atoms with Crippen molar-refractivity contribution in [3.8, 4) is 0 Å². The first-order chi connectivity index (χ1) is 8.46. The van der Waals surface area contributed by atoms with Gasteiger partial charge in [-0.15, -0.1) is 0 Å². The Hall–Kier alpha value is -0.860. The standard InChI is InChI=1S/C16H25NO/c1-12-7-13(2)15(14(3)8-12)9-16(11-18)5-6-17(4)10-16/h7-8,18H,5-6,9-11H2,1-4H3. The van der Waals surface area contributed by atoms with Gasteiger partial charge >= 0.3 is 0 Å². The molecule has 1 fully saturated rings. The minimum absolute atomic E-state index is 0.0690. The number of nitrogens with zero attached hydrogens (tertiary/aromatic N) is 1. The first-order valence-electron chi connectivity index (χ1n) is 6.82. The zero-order valence-electron chi connectivity index (χ0n) is 12.1. The molecule has 1 aliphatic heterocycles. The summed E-state index contributed by atoms with van der Waals surface area (Å²) < 4.78 is 0. The van der Waals surface area contributed by atoms with Gasteiger partial charge in [-0.3, -0.25) is 0 Å². The van der Waals surface area contributed by atoms with Gasteiger partial charge < -0.3 is 10.0 Å². The molecule has 18 heavy (non-hydrogen) atoms. The van der Waals surface area contributed by atoms with E-state index in [2.05, 4.69) is 44.9 Å². The first-order valence-corrected chi connectivity index (χ1v) is 6.82. The van der Waals surface area contributed by atoms with Gasteiger partial charge in [0.2, 0.25) is 0 Å². The second kappa shape index (κ2) is 5.02. The van der Waals surface area contributed by atoms with Crippen LogP contribution in [0.1, 0.15) is 28.7 Å². The van der Waals surface area contributed by atoms with Crippen molar-refractivity contribution in [2.45, 2.75) is 33.6 Å². The number of rotatable bonds is 3. The summed E-state index contributed by atoms with van der Waals surface area (Å²) in [6, 6.07) is 4.51. The largest absolute Gasteiger partial charge is 0.396 e. The van der Waals surface area contributed by atoms with Crippen LogP contribution in [0.3, 0.4) is 0 Å². The van der Waals surface area contributed by atoms with Crippen molar-refractivity contribution in [2.75, 3.05) is 26.7 Å². The van der Waals surface area contributed by atoms with E-state index in [1.165, 1.54) is 22.3 Å². The molecule has 1 aromatic rings. The molecule has 2 heteroatoms. The zero-order valence-corrected chi connectivity index (χ0v) is 12.1. The second-order valence-electron chi connectivity index (χ2n) is 6.20. The van der Waals surface area contributed by atoms with Crippen molar-refractivity contribution < 1.29 is 5.11 Å². The number of hydrogen-bond acceptors (Lipinski definition) is 2. The Balaban J connectivity index is 2.28. The molecule has 1 unspecified atom stereocenters. The van der Waals surface area contributed by atoms with Gasteiger partial charge in [-0.05, 0) is 63.9 Å². The molecule has 0 aliphatic carbocycles. The monoisotopic (exact) mass is 247 g/mol. The molecule has 1 N–H and O–H groups in total. The van der Waals surface area contributed by atoms with Crippen molar-refractivity contribution in [1.82, 2.24) is 4.90 Å². The van der Waals surface area contributed by atoms with E-state index in [1.807, 2.05) is 0 Å². The topological polar surface area (TPSA) is 23.5 Å². The summed E-state index contributed by atoms with van der Waals surface area (Å²) in [5.74, 6) is 0. The number of aryl methyl sites for hydroxylation is 3. The van der Waals surface area contributed by atoms with Crippen molar-refractivity contribution in [3.05, 3.63) is 34.4 Å². The maximum atomic E-state index is 9.81. The minimum atomic E-state index is 0.0690. The fourth-order valence-electron chi connectivity index (χ4n) is 3.35. The van der Waals surface area contributed by atoms with Gasteiger partial charge in [-0.1, -0.05) is 17.7 Å². The predicted octanol–water partition coefficient (Wildman–Crippen LogP) is 2.47. The number of aliphatic hydroxyl groups excluding tert-OH is 1. The third kappa shape index (κ3) is 2.60. The second-order valence-corrected chi connectivity index (χ2v) is 6.20. The molecular formula is C16H25NO. The molecule has 0 aromatic heterocycles. The summed E-state index contributed by atoms with van der Waals surface area (Å²) in [4.78, 5) is 2.33. The normalized spacial score (nSPS) is 24.7. The highest BCUT2D eigenvalue weighted by molar-refractivity contribution is 5.38. The van der Waals surface area contributed by atoms with E-state index in [1.54, 1.807) is 0 Å². The lowest BCUT2D eigenvalue weighted by molar-refractivity contribution is 0.132. The predicted molar refractivity (Wildman–Crippen MR) is 76.0 cm³/mol. The lowest BCUT2D eigenvalue weighted by atomic mass is 9.79. The number of benzene rings is 1. The molecule has 1 aliphatic rings. The van der Waals surface area contributed by atoms with Crippen molar-refractivity contribution in [3.63, 3.8) is 0 Å². The van der Waals surface area contributed by atoms with Crippen LogP contribution in [0.2, 0.25) is 0 Å². The van der Waals surface area contributed by atoms with Crippen LogP contribution in [0, 0.1) is 26.2 Å². The summed E-state index contributed by atoms with van der Waals surface area (Å²) in [6.07, 6.45) is 2.11. The minimum Gasteiger partial charge on any atom is -0.396 e. The van der Waals surface area contributed by atoms with Crippen molar-refractivity contribution >= 4 is 0 Å². The van der Waals surface area contributed by atoms with E-state index in [-0.39, 0.29) is 5.41 Å². The zero-order chi connectivity index (χ0) is 13.3. The third-order valence-corrected chi connectivity index (χ3v) is 4.36. The molecule has 0 amide bonds. The van der Waals surface area contributed by atoms with E-state index < -0.39 is 0 Å². The van der Waals surface area contributed by atoms with E-state index in [0.717, 1.165) is 25.9 Å². The molecule has 1 aromatic carbocycles. The van der Waals surface area contributed by atoms with Crippen LogP contribution in [-0.4, -0.2) is 36.8 Å². The highest BCUT2D eigenvalue weighted by Gasteiger charge is 2.36. The molecule has 1 heterocycles. The van der Waals surface area contributed by atoms with Crippen LogP contribution in [0.5, 0.6) is 0 Å². The van der Waals surface area contributed by atoms with Crippen LogP contribution in [-0.2, 0) is 6.42 Å². The SMILES string of the molecule is Cc1cc(C)c(CC2(CO)CCN(C)C2)c(C)c1. The maximum Gasteiger partial charge on any atom is 0.0503 e. The molecule has 0 radical (unpaired) electrons. The van der Waals surface area contributed by atoms with E-state index in [4.69, 9.17) is 0 Å². The van der Waals surface area contributed by atoms with Gasteiger partial charge in [0.15, 0.2) is 0 Å². The fourth-order valence-corrected chi connectivity index (χ4v) is 3.35. The molecule has 100 valence electrons. The first kappa shape index (κ1) is 13.6. The smallest absolute Gasteiger partial charge is 0.0503 e. The summed E-state index contributed by atoms with van der Waals surface area (Å²) in [5, 5.41) is 9.81. The average Bonchev–Trinajstić information content (AvgIpc) is 2.66. The highest BCUT2D eigenvalue weighted by Crippen LogP contribution is 2.35. The Labute approximate surface area is 111 Å². The summed E-state index contributed by atoms with van der Waals surface area (Å²) in [6.45, 7) is 8.94. The van der Waals surface area contributed by atoms with Crippen LogP contribution >= 0.6 is 0 Å². The molecular weight excluding hydrogens is 222 g/mol. The Kier molecular flexibility index (Phi) is 3.79. The van der Waals surface area contributed by atoms with Crippen LogP contribution in [0.4, 0.5) is 0 Å². The van der Waals surface area contributed by atoms with Gasteiger partial charge in [-0.2, -0.15) is 0 Å². The van der Waals surface area contributed by atoms with Crippen LogP contribution in [0.15, 0.2) is 12.1 Å². The van der Waals surface area contributed by atoms with E-state index in [0.29, 0.717) is 6.61 Å². The molecule has 2 rings (SSSR count). The number of hydrogen-bond donors (Lipinski definition) is 1. The van der Waals surface area contributed by atoms with Gasteiger partial charge in [0.05, 0.1) is 6.61 Å². The third-order valence-electron chi connectivity index (χ3n) is 4.36. The van der Waals surface area contributed by atoms with Crippen LogP contribution in [0.25, 0.3) is 0 Å². The average molecular weight is 247 g/mol. The Bertz CT molecular complexity index is 418. The number of likely N-dealkylation sites (tertiary alicyclic amines) is 1. The molecule has 1 atom stereocenters. The Morgan fingerprint density at radius 2 is 1.83 bits per heavy atom. The van der Waals surface area contributed by atoms with Gasteiger partial charge in [0, 0.05) is 12.0 Å². The Morgan fingerprint density at radius 1 is 1.22 bits per heavy atom. The lowest BCUT2D eigenvalue weighted by Gasteiger charge is -2.28. The van der Waals surface area contributed by atoms with Gasteiger partial charge in [0.1, 0.15) is 0 Å². The lowest BCUT2D eigenvalue weighted by Crippen LogP contribution is -2.31.